The van der Waals surface area contributed by atoms with Crippen LogP contribution in [0.2, 0.25) is 0 Å². The molecule has 1 saturated heterocycles. The topological polar surface area (TPSA) is 66.1 Å². The Labute approximate surface area is 215 Å². The van der Waals surface area contributed by atoms with Crippen molar-refractivity contribution in [2.75, 3.05) is 19.6 Å². The zero-order valence-corrected chi connectivity index (χ0v) is 21.5. The van der Waals surface area contributed by atoms with Crippen molar-refractivity contribution in [3.8, 4) is 0 Å². The number of carbonyl (C=O) groups excluding carboxylic acids is 1. The van der Waals surface area contributed by atoms with Crippen molar-refractivity contribution < 1.29 is 4.79 Å². The molecule has 2 fully saturated rings. The zero-order valence-electron chi connectivity index (χ0n) is 21.5. The van der Waals surface area contributed by atoms with Crippen molar-refractivity contribution in [3.05, 3.63) is 77.5 Å². The Morgan fingerprint density at radius 1 is 1.03 bits per heavy atom. The molecule has 36 heavy (non-hydrogen) atoms. The van der Waals surface area contributed by atoms with Gasteiger partial charge in [0.05, 0.1) is 5.52 Å². The lowest BCUT2D eigenvalue weighted by Gasteiger charge is -2.23. The highest BCUT2D eigenvalue weighted by Gasteiger charge is 2.26. The fourth-order valence-electron chi connectivity index (χ4n) is 6.08. The maximum Gasteiger partial charge on any atom is 0.251 e. The van der Waals surface area contributed by atoms with E-state index in [2.05, 4.69) is 64.3 Å². The Balaban J connectivity index is 1.05. The standard InChI is InChI=1S/C31H40N4O/c1-22(29-8-2-6-25-7-4-18-34-30(25)29)33-17-3-5-23-9-10-27(21-23)24-11-13-26(14-12-24)31(36)35-28-15-19-32-20-16-28/h2,4,6-8,11-14,18,22-23,27-28,32-33H,3,5,9-10,15-17,19-21H2,1H3,(H,35,36)/t22-,23?,27+/m1/s1. The molecule has 5 rings (SSSR count). The van der Waals surface area contributed by atoms with Crippen LogP contribution in [0, 0.1) is 5.92 Å². The summed E-state index contributed by atoms with van der Waals surface area (Å²) in [5, 5.41) is 11.5. The first-order valence-corrected chi connectivity index (χ1v) is 13.9. The smallest absolute Gasteiger partial charge is 0.251 e. The van der Waals surface area contributed by atoms with Crippen molar-refractivity contribution in [1.82, 2.24) is 20.9 Å². The number of piperidine rings is 1. The molecule has 1 amide bonds. The van der Waals surface area contributed by atoms with E-state index in [4.69, 9.17) is 0 Å². The van der Waals surface area contributed by atoms with Gasteiger partial charge in [-0.25, -0.2) is 0 Å². The molecular weight excluding hydrogens is 444 g/mol. The quantitative estimate of drug-likeness (QED) is 0.339. The number of nitrogens with one attached hydrogen (secondary N) is 3. The number of pyridine rings is 1. The van der Waals surface area contributed by atoms with Crippen LogP contribution in [0.1, 0.15) is 85.3 Å². The van der Waals surface area contributed by atoms with E-state index in [1.54, 1.807) is 0 Å². The molecule has 0 radical (unpaired) electrons. The average Bonchev–Trinajstić information content (AvgIpc) is 3.40. The van der Waals surface area contributed by atoms with Gasteiger partial charge in [-0.15, -0.1) is 0 Å². The molecule has 2 aliphatic rings. The first kappa shape index (κ1) is 24.9. The van der Waals surface area contributed by atoms with Crippen molar-refractivity contribution in [2.24, 2.45) is 5.92 Å². The molecule has 1 aliphatic carbocycles. The normalized spacial score (nSPS) is 21.5. The van der Waals surface area contributed by atoms with Gasteiger partial charge in [-0.3, -0.25) is 9.78 Å². The van der Waals surface area contributed by atoms with E-state index < -0.39 is 0 Å². The first-order chi connectivity index (χ1) is 17.7. The van der Waals surface area contributed by atoms with Crippen molar-refractivity contribution in [2.45, 2.75) is 69.9 Å². The van der Waals surface area contributed by atoms with Crippen LogP contribution < -0.4 is 16.0 Å². The van der Waals surface area contributed by atoms with E-state index in [0.29, 0.717) is 18.0 Å². The molecular formula is C31H40N4O. The maximum absolute atomic E-state index is 12.6. The van der Waals surface area contributed by atoms with Gasteiger partial charge in [0, 0.05) is 29.2 Å². The van der Waals surface area contributed by atoms with E-state index in [1.165, 1.54) is 48.6 Å². The van der Waals surface area contributed by atoms with Gasteiger partial charge in [-0.1, -0.05) is 36.4 Å². The Morgan fingerprint density at radius 3 is 2.67 bits per heavy atom. The van der Waals surface area contributed by atoms with Gasteiger partial charge in [-0.2, -0.15) is 0 Å². The summed E-state index contributed by atoms with van der Waals surface area (Å²) in [4.78, 5) is 17.2. The van der Waals surface area contributed by atoms with Crippen molar-refractivity contribution >= 4 is 16.8 Å². The van der Waals surface area contributed by atoms with Gasteiger partial charge in [0.2, 0.25) is 0 Å². The highest BCUT2D eigenvalue weighted by Crippen LogP contribution is 2.40. The van der Waals surface area contributed by atoms with Gasteiger partial charge in [0.1, 0.15) is 0 Å². The molecule has 1 unspecified atom stereocenters. The number of aromatic nitrogens is 1. The summed E-state index contributed by atoms with van der Waals surface area (Å²) >= 11 is 0. The van der Waals surface area contributed by atoms with Crippen molar-refractivity contribution in [1.29, 1.82) is 0 Å². The predicted molar refractivity (Wildman–Crippen MR) is 147 cm³/mol. The number of nitrogens with zero attached hydrogens (tertiary/aromatic N) is 1. The van der Waals surface area contributed by atoms with Gasteiger partial charge >= 0.3 is 0 Å². The Kier molecular flexibility index (Phi) is 8.29. The SMILES string of the molecule is C[C@@H](NCCCC1CC[C@H](c2ccc(C(=O)NC3CCNCC3)cc2)C1)c1cccc2cccnc12. The summed E-state index contributed by atoms with van der Waals surface area (Å²) in [6.07, 6.45) is 10.2. The lowest BCUT2D eigenvalue weighted by Crippen LogP contribution is -2.42. The molecule has 5 heteroatoms. The molecule has 3 N–H and O–H groups in total. The van der Waals surface area contributed by atoms with Crippen LogP contribution in [-0.4, -0.2) is 36.6 Å². The van der Waals surface area contributed by atoms with Crippen LogP contribution in [-0.2, 0) is 0 Å². The number of amides is 1. The summed E-state index contributed by atoms with van der Waals surface area (Å²) in [6, 6.07) is 19.6. The van der Waals surface area contributed by atoms with Crippen molar-refractivity contribution in [3.63, 3.8) is 0 Å². The summed E-state index contributed by atoms with van der Waals surface area (Å²) < 4.78 is 0. The molecule has 3 atom stereocenters. The third kappa shape index (κ3) is 6.13. The Morgan fingerprint density at radius 2 is 1.83 bits per heavy atom. The molecule has 2 aromatic carbocycles. The Bertz CT molecular complexity index is 1130. The number of hydrogen-bond acceptors (Lipinski definition) is 4. The number of rotatable bonds is 9. The van der Waals surface area contributed by atoms with Crippen LogP contribution in [0.15, 0.2) is 60.8 Å². The fourth-order valence-corrected chi connectivity index (χ4v) is 6.08. The lowest BCUT2D eigenvalue weighted by molar-refractivity contribution is 0.0929. The number of benzene rings is 2. The first-order valence-electron chi connectivity index (χ1n) is 13.9. The van der Waals surface area contributed by atoms with Gasteiger partial charge < -0.3 is 16.0 Å². The zero-order chi connectivity index (χ0) is 24.7. The van der Waals surface area contributed by atoms with Gasteiger partial charge in [-0.05, 0) is 113 Å². The third-order valence-corrected chi connectivity index (χ3v) is 8.23. The van der Waals surface area contributed by atoms with E-state index in [1.807, 2.05) is 24.4 Å². The fraction of sp³-hybridized carbons (Fsp3) is 0.484. The monoisotopic (exact) mass is 484 g/mol. The number of para-hydroxylation sites is 1. The van der Waals surface area contributed by atoms with E-state index >= 15 is 0 Å². The van der Waals surface area contributed by atoms with Gasteiger partial charge in [0.15, 0.2) is 0 Å². The molecule has 190 valence electrons. The number of fused-ring (bicyclic) bond motifs is 1. The van der Waals surface area contributed by atoms with E-state index in [0.717, 1.165) is 49.5 Å². The van der Waals surface area contributed by atoms with Crippen LogP contribution in [0.3, 0.4) is 0 Å². The summed E-state index contributed by atoms with van der Waals surface area (Å²) in [5.41, 5.74) is 4.56. The van der Waals surface area contributed by atoms with Crippen LogP contribution in [0.5, 0.6) is 0 Å². The molecule has 0 spiro atoms. The third-order valence-electron chi connectivity index (χ3n) is 8.23. The second-order valence-corrected chi connectivity index (χ2v) is 10.7. The summed E-state index contributed by atoms with van der Waals surface area (Å²) in [5.74, 6) is 1.50. The van der Waals surface area contributed by atoms with E-state index in [-0.39, 0.29) is 5.91 Å². The molecule has 1 aliphatic heterocycles. The minimum Gasteiger partial charge on any atom is -0.349 e. The number of carbonyl (C=O) groups is 1. The second-order valence-electron chi connectivity index (χ2n) is 10.7. The summed E-state index contributed by atoms with van der Waals surface area (Å²) in [7, 11) is 0. The van der Waals surface area contributed by atoms with Crippen LogP contribution in [0.4, 0.5) is 0 Å². The summed E-state index contributed by atoms with van der Waals surface area (Å²) in [6.45, 7) is 5.25. The molecule has 1 aromatic heterocycles. The average molecular weight is 485 g/mol. The molecule has 5 nitrogen and oxygen atoms in total. The number of hydrogen-bond donors (Lipinski definition) is 3. The van der Waals surface area contributed by atoms with Crippen LogP contribution >= 0.6 is 0 Å². The minimum atomic E-state index is 0.0683. The molecule has 0 bridgehead atoms. The maximum atomic E-state index is 12.6. The second kappa shape index (κ2) is 12.0. The predicted octanol–water partition coefficient (Wildman–Crippen LogP) is 5.73. The van der Waals surface area contributed by atoms with Crippen LogP contribution in [0.25, 0.3) is 10.9 Å². The van der Waals surface area contributed by atoms with Gasteiger partial charge in [0.25, 0.3) is 5.91 Å². The van der Waals surface area contributed by atoms with E-state index in [9.17, 15) is 4.79 Å². The highest BCUT2D eigenvalue weighted by atomic mass is 16.1. The lowest BCUT2D eigenvalue weighted by atomic mass is 9.94. The molecule has 2 heterocycles. The molecule has 3 aromatic rings. The minimum absolute atomic E-state index is 0.0683. The highest BCUT2D eigenvalue weighted by molar-refractivity contribution is 5.94. The largest absolute Gasteiger partial charge is 0.349 e. The Hall–Kier alpha value is -2.76. The molecule has 1 saturated carbocycles.